The molecule has 0 aromatic heterocycles. The number of nitrogens with zero attached hydrogens (tertiary/aromatic N) is 2. The van der Waals surface area contributed by atoms with Crippen molar-refractivity contribution in [2.75, 3.05) is 11.9 Å². The van der Waals surface area contributed by atoms with Gasteiger partial charge in [-0.25, -0.2) is 0 Å². The number of rotatable bonds is 5. The van der Waals surface area contributed by atoms with Crippen molar-refractivity contribution in [2.24, 2.45) is 16.3 Å². The first-order chi connectivity index (χ1) is 9.83. The zero-order valence-corrected chi connectivity index (χ0v) is 13.5. The first kappa shape index (κ1) is 17.0. The van der Waals surface area contributed by atoms with E-state index in [4.69, 9.17) is 10.9 Å². The molecule has 21 heavy (non-hydrogen) atoms. The first-order valence-electron chi connectivity index (χ1n) is 7.17. The maximum atomic E-state index is 12.9. The molecular weight excluding hydrogens is 266 g/mol. The number of aryl methyl sites for hydroxylation is 2. The number of anilines is 1. The van der Waals surface area contributed by atoms with Gasteiger partial charge in [-0.15, -0.1) is 0 Å². The summed E-state index contributed by atoms with van der Waals surface area (Å²) in [7, 11) is 1.73. The van der Waals surface area contributed by atoms with Crippen LogP contribution in [0, 0.1) is 19.3 Å². The first-order valence-corrected chi connectivity index (χ1v) is 7.17. The largest absolute Gasteiger partial charge is 0.409 e. The zero-order valence-electron chi connectivity index (χ0n) is 13.5. The van der Waals surface area contributed by atoms with E-state index in [0.29, 0.717) is 12.8 Å². The van der Waals surface area contributed by atoms with Crippen LogP contribution in [-0.2, 0) is 4.79 Å². The lowest BCUT2D eigenvalue weighted by molar-refractivity contribution is -0.125. The van der Waals surface area contributed by atoms with Crippen LogP contribution < -0.4 is 10.6 Å². The Morgan fingerprint density at radius 2 is 1.90 bits per heavy atom. The molecule has 0 unspecified atom stereocenters. The highest BCUT2D eigenvalue weighted by atomic mass is 16.4. The van der Waals surface area contributed by atoms with E-state index in [1.165, 1.54) is 0 Å². The number of benzene rings is 1. The van der Waals surface area contributed by atoms with E-state index in [0.717, 1.165) is 16.8 Å². The standard InChI is InChI=1S/C16H25N3O2/c1-6-16(7-2,14(17)18-21)15(20)19(5)13-9-8-11(3)10-12(13)4/h8-10,21H,6-7H2,1-5H3,(H2,17,18). The van der Waals surface area contributed by atoms with Gasteiger partial charge in [0, 0.05) is 12.7 Å². The number of hydrogen-bond acceptors (Lipinski definition) is 3. The molecule has 0 fully saturated rings. The highest BCUT2D eigenvalue weighted by molar-refractivity contribution is 6.12. The van der Waals surface area contributed by atoms with E-state index < -0.39 is 5.41 Å². The van der Waals surface area contributed by atoms with Crippen LogP contribution in [0.3, 0.4) is 0 Å². The van der Waals surface area contributed by atoms with Gasteiger partial charge >= 0.3 is 0 Å². The molecule has 0 aliphatic heterocycles. The summed E-state index contributed by atoms with van der Waals surface area (Å²) in [5.74, 6) is -0.191. The SMILES string of the molecule is CCC(CC)(C(=O)N(C)c1ccc(C)cc1C)C(N)=NO. The van der Waals surface area contributed by atoms with E-state index in [2.05, 4.69) is 5.16 Å². The molecular formula is C16H25N3O2. The summed E-state index contributed by atoms with van der Waals surface area (Å²) in [6.45, 7) is 7.72. The third-order valence-electron chi connectivity index (χ3n) is 4.23. The number of amidine groups is 1. The molecule has 0 saturated heterocycles. The van der Waals surface area contributed by atoms with Crippen molar-refractivity contribution in [1.82, 2.24) is 0 Å². The highest BCUT2D eigenvalue weighted by Gasteiger charge is 2.42. The van der Waals surface area contributed by atoms with Crippen molar-refractivity contribution in [2.45, 2.75) is 40.5 Å². The van der Waals surface area contributed by atoms with Crippen molar-refractivity contribution in [3.8, 4) is 0 Å². The number of oxime groups is 1. The fraction of sp³-hybridized carbons (Fsp3) is 0.500. The van der Waals surface area contributed by atoms with Gasteiger partial charge in [0.25, 0.3) is 0 Å². The summed E-state index contributed by atoms with van der Waals surface area (Å²) in [6, 6.07) is 5.92. The van der Waals surface area contributed by atoms with Gasteiger partial charge in [0.1, 0.15) is 5.41 Å². The minimum absolute atomic E-state index is 0.0332. The summed E-state index contributed by atoms with van der Waals surface area (Å²) in [4.78, 5) is 14.5. The average Bonchev–Trinajstić information content (AvgIpc) is 2.47. The molecule has 1 aromatic rings. The molecule has 5 nitrogen and oxygen atoms in total. The van der Waals surface area contributed by atoms with E-state index >= 15 is 0 Å². The Labute approximate surface area is 126 Å². The molecule has 1 aromatic carbocycles. The Morgan fingerprint density at radius 1 is 1.33 bits per heavy atom. The van der Waals surface area contributed by atoms with Gasteiger partial charge in [-0.3, -0.25) is 4.79 Å². The molecule has 1 rings (SSSR count). The fourth-order valence-corrected chi connectivity index (χ4v) is 2.73. The summed E-state index contributed by atoms with van der Waals surface area (Å²) in [5.41, 5.74) is 7.83. The Kier molecular flexibility index (Phi) is 5.35. The quantitative estimate of drug-likeness (QED) is 0.379. The predicted octanol–water partition coefficient (Wildman–Crippen LogP) is 2.82. The molecule has 116 valence electrons. The fourth-order valence-electron chi connectivity index (χ4n) is 2.73. The summed E-state index contributed by atoms with van der Waals surface area (Å²) >= 11 is 0. The monoisotopic (exact) mass is 291 g/mol. The van der Waals surface area contributed by atoms with Crippen LogP contribution in [0.1, 0.15) is 37.8 Å². The molecule has 1 amide bonds. The third-order valence-corrected chi connectivity index (χ3v) is 4.23. The van der Waals surface area contributed by atoms with Crippen LogP contribution in [0.15, 0.2) is 23.4 Å². The van der Waals surface area contributed by atoms with Crippen LogP contribution in [0.25, 0.3) is 0 Å². The molecule has 0 aliphatic carbocycles. The molecule has 0 atom stereocenters. The van der Waals surface area contributed by atoms with E-state index in [-0.39, 0.29) is 11.7 Å². The second-order valence-corrected chi connectivity index (χ2v) is 5.43. The molecule has 0 heterocycles. The number of nitrogens with two attached hydrogens (primary N) is 1. The maximum Gasteiger partial charge on any atom is 0.240 e. The minimum atomic E-state index is -0.971. The second-order valence-electron chi connectivity index (χ2n) is 5.43. The summed E-state index contributed by atoms with van der Waals surface area (Å²) in [6.07, 6.45) is 0.959. The number of amides is 1. The Hall–Kier alpha value is -2.04. The summed E-state index contributed by atoms with van der Waals surface area (Å²) < 4.78 is 0. The van der Waals surface area contributed by atoms with E-state index in [1.54, 1.807) is 11.9 Å². The van der Waals surface area contributed by atoms with Gasteiger partial charge in [0.15, 0.2) is 5.84 Å². The molecule has 0 aliphatic rings. The van der Waals surface area contributed by atoms with Gasteiger partial charge in [0.05, 0.1) is 0 Å². The summed E-state index contributed by atoms with van der Waals surface area (Å²) in [5, 5.41) is 12.1. The Morgan fingerprint density at radius 3 is 2.33 bits per heavy atom. The van der Waals surface area contributed by atoms with Crippen LogP contribution >= 0.6 is 0 Å². The van der Waals surface area contributed by atoms with Crippen molar-refractivity contribution < 1.29 is 10.0 Å². The lowest BCUT2D eigenvalue weighted by atomic mass is 9.79. The predicted molar refractivity (Wildman–Crippen MR) is 85.7 cm³/mol. The van der Waals surface area contributed by atoms with Crippen molar-refractivity contribution in [3.05, 3.63) is 29.3 Å². The van der Waals surface area contributed by atoms with Gasteiger partial charge in [-0.05, 0) is 38.3 Å². The van der Waals surface area contributed by atoms with Crippen LogP contribution in [0.2, 0.25) is 0 Å². The zero-order chi connectivity index (χ0) is 16.2. The van der Waals surface area contributed by atoms with Gasteiger partial charge in [-0.2, -0.15) is 0 Å². The van der Waals surface area contributed by atoms with Crippen LogP contribution in [0.4, 0.5) is 5.69 Å². The highest BCUT2D eigenvalue weighted by Crippen LogP contribution is 2.32. The minimum Gasteiger partial charge on any atom is -0.409 e. The topological polar surface area (TPSA) is 78.9 Å². The lowest BCUT2D eigenvalue weighted by Gasteiger charge is -2.33. The number of carbonyl (C=O) groups excluding carboxylic acids is 1. The van der Waals surface area contributed by atoms with E-state index in [1.807, 2.05) is 45.9 Å². The Bertz CT molecular complexity index is 548. The molecule has 0 bridgehead atoms. The normalized spacial score (nSPS) is 12.3. The third kappa shape index (κ3) is 3.01. The maximum absolute atomic E-state index is 12.9. The van der Waals surface area contributed by atoms with Gasteiger partial charge in [-0.1, -0.05) is 36.7 Å². The lowest BCUT2D eigenvalue weighted by Crippen LogP contribution is -2.50. The van der Waals surface area contributed by atoms with Crippen LogP contribution in [-0.4, -0.2) is 24.0 Å². The second kappa shape index (κ2) is 6.61. The van der Waals surface area contributed by atoms with Crippen LogP contribution in [0.5, 0.6) is 0 Å². The molecule has 0 saturated carbocycles. The van der Waals surface area contributed by atoms with Crippen molar-refractivity contribution in [3.63, 3.8) is 0 Å². The van der Waals surface area contributed by atoms with E-state index in [9.17, 15) is 4.79 Å². The van der Waals surface area contributed by atoms with Crippen molar-refractivity contribution in [1.29, 1.82) is 0 Å². The molecule has 0 radical (unpaired) electrons. The van der Waals surface area contributed by atoms with Crippen molar-refractivity contribution >= 4 is 17.4 Å². The number of hydrogen-bond donors (Lipinski definition) is 2. The smallest absolute Gasteiger partial charge is 0.240 e. The number of carbonyl (C=O) groups is 1. The molecule has 0 spiro atoms. The molecule has 3 N–H and O–H groups in total. The van der Waals surface area contributed by atoms with Gasteiger partial charge < -0.3 is 15.8 Å². The average molecular weight is 291 g/mol. The molecule has 5 heteroatoms. The Balaban J connectivity index is 3.26. The van der Waals surface area contributed by atoms with Gasteiger partial charge in [0.2, 0.25) is 5.91 Å².